The fraction of sp³-hybridized carbons (Fsp3) is 0.440. The molecule has 2 rings (SSSR count). The van der Waals surface area contributed by atoms with Crippen LogP contribution >= 0.6 is 23.4 Å². The van der Waals surface area contributed by atoms with E-state index in [1.165, 1.54) is 11.1 Å². The standard InChI is InChI=1S/C25H33ClN2O2S/c1-4-6-14-27-25(30)23(5-2)28(16-20-10-12-22(26)13-11-20)24(29)18-31-17-21-9-7-8-19(3)15-21/h7-13,15,23H,4-6,14,16-18H2,1-3H3,(H,27,30)/t23-/m1/s1. The van der Waals surface area contributed by atoms with Gasteiger partial charge in [0.05, 0.1) is 5.75 Å². The predicted octanol–water partition coefficient (Wildman–Crippen LogP) is 5.61. The normalized spacial score (nSPS) is 11.7. The van der Waals surface area contributed by atoms with E-state index in [0.717, 1.165) is 24.2 Å². The second-order valence-corrected chi connectivity index (χ2v) is 9.12. The number of amides is 2. The summed E-state index contributed by atoms with van der Waals surface area (Å²) in [4.78, 5) is 27.8. The van der Waals surface area contributed by atoms with Crippen LogP contribution in [-0.4, -0.2) is 35.1 Å². The summed E-state index contributed by atoms with van der Waals surface area (Å²) in [6.07, 6.45) is 2.51. The van der Waals surface area contributed by atoms with Crippen LogP contribution in [0.1, 0.15) is 49.8 Å². The van der Waals surface area contributed by atoms with E-state index in [0.29, 0.717) is 30.3 Å². The summed E-state index contributed by atoms with van der Waals surface area (Å²) in [5, 5.41) is 3.64. The summed E-state index contributed by atoms with van der Waals surface area (Å²) >= 11 is 7.59. The van der Waals surface area contributed by atoms with Crippen molar-refractivity contribution in [1.82, 2.24) is 10.2 Å². The van der Waals surface area contributed by atoms with Gasteiger partial charge in [0.25, 0.3) is 0 Å². The maximum Gasteiger partial charge on any atom is 0.242 e. The Morgan fingerprint density at radius 3 is 2.48 bits per heavy atom. The lowest BCUT2D eigenvalue weighted by atomic mass is 10.1. The molecular weight excluding hydrogens is 428 g/mol. The van der Waals surface area contributed by atoms with E-state index < -0.39 is 6.04 Å². The number of hydrogen-bond acceptors (Lipinski definition) is 3. The molecule has 0 saturated heterocycles. The summed E-state index contributed by atoms with van der Waals surface area (Å²) in [5.74, 6) is 0.995. The molecule has 1 atom stereocenters. The molecule has 4 nitrogen and oxygen atoms in total. The first kappa shape index (κ1) is 25.3. The molecule has 0 saturated carbocycles. The van der Waals surface area contributed by atoms with Crippen molar-refractivity contribution in [3.8, 4) is 0 Å². The van der Waals surface area contributed by atoms with Crippen molar-refractivity contribution in [2.75, 3.05) is 12.3 Å². The number of rotatable bonds is 12. The van der Waals surface area contributed by atoms with Crippen LogP contribution in [0.4, 0.5) is 0 Å². The third-order valence-corrected chi connectivity index (χ3v) is 6.30. The van der Waals surface area contributed by atoms with E-state index in [2.05, 4.69) is 37.4 Å². The van der Waals surface area contributed by atoms with Gasteiger partial charge in [-0.1, -0.05) is 73.8 Å². The second kappa shape index (κ2) is 13.4. The van der Waals surface area contributed by atoms with Gasteiger partial charge in [0.2, 0.25) is 11.8 Å². The molecule has 0 aliphatic carbocycles. The fourth-order valence-corrected chi connectivity index (χ4v) is 4.34. The second-order valence-electron chi connectivity index (χ2n) is 7.70. The van der Waals surface area contributed by atoms with Gasteiger partial charge >= 0.3 is 0 Å². The maximum absolute atomic E-state index is 13.2. The highest BCUT2D eigenvalue weighted by molar-refractivity contribution is 7.99. The number of nitrogens with zero attached hydrogens (tertiary/aromatic N) is 1. The quantitative estimate of drug-likeness (QED) is 0.419. The third kappa shape index (κ3) is 8.58. The zero-order valence-corrected chi connectivity index (χ0v) is 20.3. The Hall–Kier alpha value is -1.98. The van der Waals surface area contributed by atoms with Gasteiger partial charge in [0.1, 0.15) is 6.04 Å². The summed E-state index contributed by atoms with van der Waals surface area (Å²) in [7, 11) is 0. The van der Waals surface area contributed by atoms with E-state index in [4.69, 9.17) is 11.6 Å². The number of benzene rings is 2. The van der Waals surface area contributed by atoms with Crippen molar-refractivity contribution in [3.63, 3.8) is 0 Å². The molecule has 168 valence electrons. The van der Waals surface area contributed by atoms with Crippen LogP contribution in [0, 0.1) is 6.92 Å². The van der Waals surface area contributed by atoms with Crippen LogP contribution in [0.2, 0.25) is 5.02 Å². The van der Waals surface area contributed by atoms with Gasteiger partial charge in [0, 0.05) is 23.9 Å². The van der Waals surface area contributed by atoms with E-state index in [-0.39, 0.29) is 11.8 Å². The molecule has 0 fully saturated rings. The Labute approximate surface area is 195 Å². The van der Waals surface area contributed by atoms with Crippen molar-refractivity contribution >= 4 is 35.2 Å². The minimum atomic E-state index is -0.486. The molecule has 2 amide bonds. The highest BCUT2D eigenvalue weighted by Crippen LogP contribution is 2.19. The zero-order chi connectivity index (χ0) is 22.6. The van der Waals surface area contributed by atoms with Crippen LogP contribution in [0.15, 0.2) is 48.5 Å². The van der Waals surface area contributed by atoms with Crippen LogP contribution in [0.25, 0.3) is 0 Å². The minimum Gasteiger partial charge on any atom is -0.354 e. The van der Waals surface area contributed by atoms with Crippen LogP contribution in [0.3, 0.4) is 0 Å². The highest BCUT2D eigenvalue weighted by atomic mass is 35.5. The monoisotopic (exact) mass is 460 g/mol. The van der Waals surface area contributed by atoms with Gasteiger partial charge in [-0.3, -0.25) is 9.59 Å². The molecule has 31 heavy (non-hydrogen) atoms. The smallest absolute Gasteiger partial charge is 0.242 e. The molecule has 0 unspecified atom stereocenters. The van der Waals surface area contributed by atoms with Gasteiger partial charge in [-0.2, -0.15) is 0 Å². The molecule has 1 N–H and O–H groups in total. The first-order chi connectivity index (χ1) is 14.9. The molecule has 0 aliphatic rings. The maximum atomic E-state index is 13.2. The molecule has 2 aromatic carbocycles. The van der Waals surface area contributed by atoms with E-state index in [1.54, 1.807) is 16.7 Å². The van der Waals surface area contributed by atoms with Crippen molar-refractivity contribution in [3.05, 3.63) is 70.2 Å². The number of thioether (sulfide) groups is 1. The third-order valence-electron chi connectivity index (χ3n) is 5.06. The number of aryl methyl sites for hydroxylation is 1. The fourth-order valence-electron chi connectivity index (χ4n) is 3.35. The Kier molecular flexibility index (Phi) is 11.0. The minimum absolute atomic E-state index is 0.0231. The average molecular weight is 461 g/mol. The van der Waals surface area contributed by atoms with Crippen LogP contribution in [0.5, 0.6) is 0 Å². The summed E-state index contributed by atoms with van der Waals surface area (Å²) in [5.41, 5.74) is 3.37. The summed E-state index contributed by atoms with van der Waals surface area (Å²) < 4.78 is 0. The average Bonchev–Trinajstić information content (AvgIpc) is 2.75. The van der Waals surface area contributed by atoms with Gasteiger partial charge in [-0.05, 0) is 43.0 Å². The zero-order valence-electron chi connectivity index (χ0n) is 18.7. The van der Waals surface area contributed by atoms with Gasteiger partial charge in [0.15, 0.2) is 0 Å². The number of hydrogen-bond donors (Lipinski definition) is 1. The molecule has 6 heteroatoms. The van der Waals surface area contributed by atoms with E-state index in [1.807, 2.05) is 37.3 Å². The van der Waals surface area contributed by atoms with Gasteiger partial charge in [-0.15, -0.1) is 11.8 Å². The molecule has 0 radical (unpaired) electrons. The Morgan fingerprint density at radius 2 is 1.84 bits per heavy atom. The molecule has 0 heterocycles. The molecular formula is C25H33ClN2O2S. The van der Waals surface area contributed by atoms with Crippen molar-refractivity contribution in [2.24, 2.45) is 0 Å². The Bertz CT molecular complexity index is 842. The number of unbranched alkanes of at least 4 members (excludes halogenated alkanes) is 1. The SMILES string of the molecule is CCCCNC(=O)[C@@H](CC)N(Cc1ccc(Cl)cc1)C(=O)CSCc1cccc(C)c1. The Morgan fingerprint density at radius 1 is 1.10 bits per heavy atom. The lowest BCUT2D eigenvalue weighted by Gasteiger charge is -2.30. The number of halogens is 1. The predicted molar refractivity (Wildman–Crippen MR) is 131 cm³/mol. The topological polar surface area (TPSA) is 49.4 Å². The van der Waals surface area contributed by atoms with Crippen molar-refractivity contribution in [1.29, 1.82) is 0 Å². The number of carbonyl (C=O) groups excluding carboxylic acids is 2. The summed E-state index contributed by atoms with van der Waals surface area (Å²) in [6.45, 7) is 7.13. The molecule has 0 bridgehead atoms. The molecule has 0 spiro atoms. The largest absolute Gasteiger partial charge is 0.354 e. The molecule has 2 aromatic rings. The first-order valence-corrected chi connectivity index (χ1v) is 12.4. The number of carbonyl (C=O) groups is 2. The number of nitrogens with one attached hydrogen (secondary N) is 1. The van der Waals surface area contributed by atoms with Crippen molar-refractivity contribution < 1.29 is 9.59 Å². The highest BCUT2D eigenvalue weighted by Gasteiger charge is 2.28. The van der Waals surface area contributed by atoms with Crippen LogP contribution in [-0.2, 0) is 21.9 Å². The van der Waals surface area contributed by atoms with Gasteiger partial charge in [-0.25, -0.2) is 0 Å². The summed E-state index contributed by atoms with van der Waals surface area (Å²) in [6, 6.07) is 15.3. The van der Waals surface area contributed by atoms with Crippen LogP contribution < -0.4 is 5.32 Å². The van der Waals surface area contributed by atoms with E-state index >= 15 is 0 Å². The van der Waals surface area contributed by atoms with E-state index in [9.17, 15) is 9.59 Å². The molecule has 0 aliphatic heterocycles. The van der Waals surface area contributed by atoms with Gasteiger partial charge < -0.3 is 10.2 Å². The lowest BCUT2D eigenvalue weighted by Crippen LogP contribution is -2.49. The lowest BCUT2D eigenvalue weighted by molar-refractivity contribution is -0.139. The molecule has 0 aromatic heterocycles. The van der Waals surface area contributed by atoms with Crippen molar-refractivity contribution in [2.45, 2.75) is 58.4 Å². The first-order valence-electron chi connectivity index (χ1n) is 10.9. The Balaban J connectivity index is 2.09.